The summed E-state index contributed by atoms with van der Waals surface area (Å²) in [5.74, 6) is -1.22. The number of thiophene rings is 1. The quantitative estimate of drug-likeness (QED) is 0.272. The molecule has 0 aliphatic carbocycles. The van der Waals surface area contributed by atoms with Crippen LogP contribution >= 0.6 is 11.3 Å². The normalized spacial score (nSPS) is 11.0. The number of para-hydroxylation sites is 2. The summed E-state index contributed by atoms with van der Waals surface area (Å²) < 4.78 is 0. The van der Waals surface area contributed by atoms with Crippen LogP contribution in [0, 0.1) is 11.3 Å². The minimum Gasteiger partial charge on any atom is -0.477 e. The van der Waals surface area contributed by atoms with E-state index < -0.39 is 5.97 Å². The number of carboxylic acids is 1. The SMILES string of the molecule is N#C/C(=C\c1ccc(-c2ccc(N(c3ccccc3)c3ccccc3)cc2)s1)C(=O)O. The molecule has 1 heterocycles. The van der Waals surface area contributed by atoms with Crippen LogP contribution in [0.15, 0.2) is 103 Å². The van der Waals surface area contributed by atoms with Gasteiger partial charge in [0, 0.05) is 26.8 Å². The molecule has 1 aromatic heterocycles. The van der Waals surface area contributed by atoms with E-state index in [1.54, 1.807) is 6.07 Å². The van der Waals surface area contributed by atoms with Gasteiger partial charge in [0.15, 0.2) is 0 Å². The van der Waals surface area contributed by atoms with Crippen molar-refractivity contribution < 1.29 is 9.90 Å². The second-order valence-corrected chi connectivity index (χ2v) is 7.85. The van der Waals surface area contributed by atoms with E-state index in [0.717, 1.165) is 32.4 Å². The lowest BCUT2D eigenvalue weighted by Gasteiger charge is -2.25. The summed E-state index contributed by atoms with van der Waals surface area (Å²) in [7, 11) is 0. The van der Waals surface area contributed by atoms with Crippen LogP contribution < -0.4 is 4.90 Å². The van der Waals surface area contributed by atoms with Crippen LogP contribution in [0.25, 0.3) is 16.5 Å². The predicted molar refractivity (Wildman–Crippen MR) is 126 cm³/mol. The number of benzene rings is 3. The largest absolute Gasteiger partial charge is 0.477 e. The first kappa shape index (κ1) is 20.1. The summed E-state index contributed by atoms with van der Waals surface area (Å²) in [4.78, 5) is 15.0. The van der Waals surface area contributed by atoms with Crippen LogP contribution in [0.5, 0.6) is 0 Å². The molecule has 4 aromatic rings. The van der Waals surface area contributed by atoms with Crippen LogP contribution in [0.2, 0.25) is 0 Å². The average Bonchev–Trinajstić information content (AvgIpc) is 3.28. The number of rotatable bonds is 6. The minimum atomic E-state index is -1.22. The van der Waals surface area contributed by atoms with Crippen molar-refractivity contribution in [2.24, 2.45) is 0 Å². The molecule has 3 aromatic carbocycles. The maximum atomic E-state index is 11.1. The van der Waals surface area contributed by atoms with E-state index in [1.807, 2.05) is 48.5 Å². The molecule has 4 nitrogen and oxygen atoms in total. The van der Waals surface area contributed by atoms with Gasteiger partial charge in [-0.15, -0.1) is 11.3 Å². The Morgan fingerprint density at radius 1 is 0.806 bits per heavy atom. The second-order valence-electron chi connectivity index (χ2n) is 6.73. The molecule has 0 saturated heterocycles. The van der Waals surface area contributed by atoms with Crippen molar-refractivity contribution in [1.29, 1.82) is 5.26 Å². The molecule has 4 rings (SSSR count). The summed E-state index contributed by atoms with van der Waals surface area (Å²) in [6, 6.07) is 34.1. The second kappa shape index (κ2) is 9.12. The Kier molecular flexibility index (Phi) is 5.93. The number of carbonyl (C=O) groups is 1. The number of hydrogen-bond donors (Lipinski definition) is 1. The lowest BCUT2D eigenvalue weighted by molar-refractivity contribution is -0.132. The first-order valence-corrected chi connectivity index (χ1v) is 10.4. The van der Waals surface area contributed by atoms with Gasteiger partial charge >= 0.3 is 5.97 Å². The Bertz CT molecular complexity index is 1210. The van der Waals surface area contributed by atoms with E-state index in [0.29, 0.717) is 0 Å². The molecule has 1 N–H and O–H groups in total. The Hall–Kier alpha value is -4.14. The fraction of sp³-hybridized carbons (Fsp3) is 0. The molecule has 0 amide bonds. The first-order valence-electron chi connectivity index (χ1n) is 9.61. The maximum Gasteiger partial charge on any atom is 0.346 e. The van der Waals surface area contributed by atoms with Gasteiger partial charge in [-0.1, -0.05) is 48.5 Å². The van der Waals surface area contributed by atoms with E-state index in [1.165, 1.54) is 17.4 Å². The topological polar surface area (TPSA) is 64.3 Å². The molecule has 0 aliphatic rings. The zero-order chi connectivity index (χ0) is 21.6. The van der Waals surface area contributed by atoms with Gasteiger partial charge in [0.2, 0.25) is 0 Å². The zero-order valence-electron chi connectivity index (χ0n) is 16.5. The average molecular weight is 423 g/mol. The monoisotopic (exact) mass is 422 g/mol. The van der Waals surface area contributed by atoms with Crippen LogP contribution in [0.1, 0.15) is 4.88 Å². The summed E-state index contributed by atoms with van der Waals surface area (Å²) in [5, 5.41) is 18.0. The molecule has 0 spiro atoms. The van der Waals surface area contributed by atoms with Crippen LogP contribution in [0.4, 0.5) is 17.1 Å². The van der Waals surface area contributed by atoms with E-state index in [2.05, 4.69) is 53.4 Å². The number of hydrogen-bond acceptors (Lipinski definition) is 4. The van der Waals surface area contributed by atoms with E-state index in [-0.39, 0.29) is 5.57 Å². The van der Waals surface area contributed by atoms with Crippen molar-refractivity contribution in [3.63, 3.8) is 0 Å². The standard InChI is InChI=1S/C26H18N2O2S/c27-18-20(26(29)30)17-24-15-16-25(31-24)19-11-13-23(14-12-19)28(21-7-3-1-4-8-21)22-9-5-2-6-10-22/h1-17H,(H,29,30)/b20-17+. The Morgan fingerprint density at radius 2 is 1.35 bits per heavy atom. The maximum absolute atomic E-state index is 11.1. The summed E-state index contributed by atoms with van der Waals surface area (Å²) in [6.07, 6.45) is 1.40. The van der Waals surface area contributed by atoms with Gasteiger partial charge in [-0.3, -0.25) is 0 Å². The summed E-state index contributed by atoms with van der Waals surface area (Å²) in [6.45, 7) is 0. The van der Waals surface area contributed by atoms with Gasteiger partial charge in [-0.2, -0.15) is 5.26 Å². The first-order chi connectivity index (χ1) is 15.2. The number of anilines is 3. The smallest absolute Gasteiger partial charge is 0.346 e. The van der Waals surface area contributed by atoms with E-state index in [4.69, 9.17) is 10.4 Å². The fourth-order valence-corrected chi connectivity index (χ4v) is 4.20. The van der Waals surface area contributed by atoms with Crippen LogP contribution in [0.3, 0.4) is 0 Å². The third kappa shape index (κ3) is 4.55. The molecule has 5 heteroatoms. The highest BCUT2D eigenvalue weighted by molar-refractivity contribution is 7.16. The molecule has 150 valence electrons. The predicted octanol–water partition coefficient (Wildman–Crippen LogP) is 6.88. The van der Waals surface area contributed by atoms with Crippen molar-refractivity contribution in [2.75, 3.05) is 4.90 Å². The van der Waals surface area contributed by atoms with Crippen molar-refractivity contribution in [1.82, 2.24) is 0 Å². The van der Waals surface area contributed by atoms with Gasteiger partial charge in [0.25, 0.3) is 0 Å². The molecule has 0 unspecified atom stereocenters. The van der Waals surface area contributed by atoms with Gasteiger partial charge in [-0.05, 0) is 60.2 Å². The molecule has 0 radical (unpaired) electrons. The van der Waals surface area contributed by atoms with Crippen molar-refractivity contribution >= 4 is 40.4 Å². The molecular formula is C26H18N2O2S. The molecule has 0 atom stereocenters. The van der Waals surface area contributed by atoms with Gasteiger partial charge in [-0.25, -0.2) is 4.79 Å². The lowest BCUT2D eigenvalue weighted by Crippen LogP contribution is -2.09. The highest BCUT2D eigenvalue weighted by atomic mass is 32.1. The Labute approximate surface area is 184 Å². The highest BCUT2D eigenvalue weighted by Gasteiger charge is 2.12. The molecular weight excluding hydrogens is 404 g/mol. The molecule has 0 bridgehead atoms. The van der Waals surface area contributed by atoms with Crippen molar-refractivity contribution in [3.8, 4) is 16.5 Å². The fourth-order valence-electron chi connectivity index (χ4n) is 3.25. The summed E-state index contributed by atoms with van der Waals surface area (Å²) in [5.41, 5.74) is 3.94. The molecule has 31 heavy (non-hydrogen) atoms. The molecule has 0 saturated carbocycles. The van der Waals surface area contributed by atoms with Crippen molar-refractivity contribution in [3.05, 3.63) is 108 Å². The van der Waals surface area contributed by atoms with E-state index >= 15 is 0 Å². The van der Waals surface area contributed by atoms with Gasteiger partial charge in [0.1, 0.15) is 11.6 Å². The number of nitriles is 1. The number of nitrogens with zero attached hydrogens (tertiary/aromatic N) is 2. The van der Waals surface area contributed by atoms with Crippen molar-refractivity contribution in [2.45, 2.75) is 0 Å². The number of aliphatic carboxylic acids is 1. The van der Waals surface area contributed by atoms with Gasteiger partial charge in [0.05, 0.1) is 0 Å². The third-order valence-electron chi connectivity index (χ3n) is 4.70. The van der Waals surface area contributed by atoms with Gasteiger partial charge < -0.3 is 10.0 Å². The molecule has 0 aliphatic heterocycles. The summed E-state index contributed by atoms with van der Waals surface area (Å²) >= 11 is 1.45. The zero-order valence-corrected chi connectivity index (χ0v) is 17.3. The van der Waals surface area contributed by atoms with Crippen LogP contribution in [-0.4, -0.2) is 11.1 Å². The Morgan fingerprint density at radius 3 is 1.87 bits per heavy atom. The minimum absolute atomic E-state index is 0.273. The van der Waals surface area contributed by atoms with Crippen LogP contribution in [-0.2, 0) is 4.79 Å². The third-order valence-corrected chi connectivity index (χ3v) is 5.78. The van der Waals surface area contributed by atoms with E-state index in [9.17, 15) is 4.79 Å². The highest BCUT2D eigenvalue weighted by Crippen LogP contribution is 2.36. The Balaban J connectivity index is 1.66. The molecule has 0 fully saturated rings. The number of carboxylic acid groups (broad SMARTS) is 1. The lowest BCUT2D eigenvalue weighted by atomic mass is 10.1.